The summed E-state index contributed by atoms with van der Waals surface area (Å²) in [7, 11) is 3.23. The van der Waals surface area contributed by atoms with Gasteiger partial charge in [-0.2, -0.15) is 5.10 Å². The van der Waals surface area contributed by atoms with Crippen molar-refractivity contribution in [3.05, 3.63) is 23.8 Å². The van der Waals surface area contributed by atoms with Crippen molar-refractivity contribution in [2.24, 2.45) is 11.0 Å². The summed E-state index contributed by atoms with van der Waals surface area (Å²) in [6.45, 7) is 3.52. The van der Waals surface area contributed by atoms with Crippen LogP contribution in [0.5, 0.6) is 11.5 Å². The van der Waals surface area contributed by atoms with Crippen molar-refractivity contribution >= 4 is 23.5 Å². The van der Waals surface area contributed by atoms with Gasteiger partial charge < -0.3 is 19.7 Å². The predicted octanol–water partition coefficient (Wildman–Crippen LogP) is 1.60. The van der Waals surface area contributed by atoms with E-state index in [-0.39, 0.29) is 0 Å². The molecule has 0 saturated carbocycles. The molecule has 0 unspecified atom stereocenters. The normalized spacial score (nSPS) is 25.5. The van der Waals surface area contributed by atoms with Gasteiger partial charge in [-0.3, -0.25) is 5.43 Å². The van der Waals surface area contributed by atoms with E-state index in [2.05, 4.69) is 20.7 Å². The van der Waals surface area contributed by atoms with Crippen molar-refractivity contribution < 1.29 is 9.47 Å². The molecule has 0 radical (unpaired) electrons. The predicted molar refractivity (Wildman–Crippen MR) is 99.0 cm³/mol. The van der Waals surface area contributed by atoms with Crippen molar-refractivity contribution in [2.45, 2.75) is 18.9 Å². The van der Waals surface area contributed by atoms with Gasteiger partial charge in [0.05, 0.1) is 20.4 Å². The van der Waals surface area contributed by atoms with Crippen LogP contribution in [0.2, 0.25) is 0 Å². The zero-order chi connectivity index (χ0) is 16.9. The van der Waals surface area contributed by atoms with Crippen LogP contribution in [0.4, 0.5) is 0 Å². The topological polar surface area (TPSA) is 58.1 Å². The van der Waals surface area contributed by atoms with Crippen LogP contribution in [-0.2, 0) is 0 Å². The molecule has 4 rings (SSSR count). The molecule has 3 saturated heterocycles. The lowest BCUT2D eigenvalue weighted by molar-refractivity contribution is 0.0812. The van der Waals surface area contributed by atoms with Crippen LogP contribution in [0, 0.1) is 5.92 Å². The van der Waals surface area contributed by atoms with Crippen molar-refractivity contribution in [1.82, 2.24) is 15.6 Å². The molecule has 1 aromatic carbocycles. The fourth-order valence-electron chi connectivity index (χ4n) is 3.43. The number of benzene rings is 1. The van der Waals surface area contributed by atoms with E-state index in [1.165, 1.54) is 25.9 Å². The van der Waals surface area contributed by atoms with Crippen LogP contribution in [0.1, 0.15) is 18.4 Å². The molecule has 1 atom stereocenters. The van der Waals surface area contributed by atoms with Gasteiger partial charge in [0, 0.05) is 12.6 Å². The van der Waals surface area contributed by atoms with Crippen molar-refractivity contribution in [1.29, 1.82) is 0 Å². The maximum Gasteiger partial charge on any atom is 0.187 e. The molecule has 1 aromatic rings. The smallest absolute Gasteiger partial charge is 0.187 e. The molecule has 2 N–H and O–H groups in total. The number of thiocarbonyl (C=S) groups is 1. The molecule has 3 fully saturated rings. The second-order valence-electron chi connectivity index (χ2n) is 6.20. The number of piperidine rings is 3. The Morgan fingerprint density at radius 2 is 2.00 bits per heavy atom. The Balaban J connectivity index is 1.51. The maximum atomic E-state index is 5.35. The van der Waals surface area contributed by atoms with Gasteiger partial charge in [-0.15, -0.1) is 0 Å². The van der Waals surface area contributed by atoms with E-state index in [9.17, 15) is 0 Å². The monoisotopic (exact) mass is 348 g/mol. The van der Waals surface area contributed by atoms with E-state index in [4.69, 9.17) is 21.7 Å². The van der Waals surface area contributed by atoms with E-state index >= 15 is 0 Å². The SMILES string of the molecule is COc1ccc(/C=N/NC(=S)N[C@@H]2CN3CCC2CC3)cc1OC. The number of hydrogen-bond acceptors (Lipinski definition) is 5. The lowest BCUT2D eigenvalue weighted by Gasteiger charge is -2.45. The van der Waals surface area contributed by atoms with Crippen molar-refractivity contribution in [3.8, 4) is 11.5 Å². The number of ether oxygens (including phenoxy) is 2. The van der Waals surface area contributed by atoms with Gasteiger partial charge in [-0.05, 0) is 67.8 Å². The molecule has 3 aliphatic heterocycles. The maximum absolute atomic E-state index is 5.35. The van der Waals surface area contributed by atoms with Crippen LogP contribution in [0.15, 0.2) is 23.3 Å². The van der Waals surface area contributed by atoms with Crippen LogP contribution in [-0.4, -0.2) is 56.1 Å². The highest BCUT2D eigenvalue weighted by molar-refractivity contribution is 7.80. The summed E-state index contributed by atoms with van der Waals surface area (Å²) in [5, 5.41) is 8.18. The second-order valence-corrected chi connectivity index (χ2v) is 6.61. The molecule has 0 aliphatic carbocycles. The van der Waals surface area contributed by atoms with E-state index in [1.807, 2.05) is 18.2 Å². The minimum absolute atomic E-state index is 0.434. The van der Waals surface area contributed by atoms with Crippen LogP contribution >= 0.6 is 12.2 Å². The van der Waals surface area contributed by atoms with Gasteiger partial charge in [-0.1, -0.05) is 0 Å². The first-order valence-corrected chi connectivity index (χ1v) is 8.64. The zero-order valence-electron chi connectivity index (χ0n) is 14.1. The summed E-state index contributed by atoms with van der Waals surface area (Å²) >= 11 is 5.35. The first kappa shape index (κ1) is 17.0. The molecule has 0 aromatic heterocycles. The Labute approximate surface area is 148 Å². The molecule has 3 aliphatic rings. The Morgan fingerprint density at radius 1 is 1.25 bits per heavy atom. The summed E-state index contributed by atoms with van der Waals surface area (Å²) in [6, 6.07) is 6.07. The average molecular weight is 348 g/mol. The highest BCUT2D eigenvalue weighted by Crippen LogP contribution is 2.28. The molecule has 24 heavy (non-hydrogen) atoms. The summed E-state index contributed by atoms with van der Waals surface area (Å²) in [4.78, 5) is 2.49. The van der Waals surface area contributed by atoms with Crippen LogP contribution in [0.3, 0.4) is 0 Å². The number of nitrogens with one attached hydrogen (secondary N) is 2. The zero-order valence-corrected chi connectivity index (χ0v) is 14.9. The van der Waals surface area contributed by atoms with Gasteiger partial charge in [0.1, 0.15) is 0 Å². The molecule has 0 amide bonds. The number of hydrazone groups is 1. The van der Waals surface area contributed by atoms with E-state index in [1.54, 1.807) is 20.4 Å². The van der Waals surface area contributed by atoms with Gasteiger partial charge >= 0.3 is 0 Å². The number of fused-ring (bicyclic) bond motifs is 3. The number of rotatable bonds is 5. The number of methoxy groups -OCH3 is 2. The lowest BCUT2D eigenvalue weighted by Crippen LogP contribution is -2.58. The third kappa shape index (κ3) is 3.96. The van der Waals surface area contributed by atoms with E-state index in [0.29, 0.717) is 22.7 Å². The molecular formula is C17H24N4O2S. The highest BCUT2D eigenvalue weighted by Gasteiger charge is 2.34. The fraction of sp³-hybridized carbons (Fsp3) is 0.529. The van der Waals surface area contributed by atoms with Gasteiger partial charge in [0.15, 0.2) is 16.6 Å². The Kier molecular flexibility index (Phi) is 5.52. The summed E-state index contributed by atoms with van der Waals surface area (Å²) in [5.41, 5.74) is 3.81. The van der Waals surface area contributed by atoms with Crippen LogP contribution in [0.25, 0.3) is 0 Å². The standard InChI is InChI=1S/C17H24N4O2S/c1-22-15-4-3-12(9-16(15)23-2)10-18-20-17(24)19-14-11-21-7-5-13(14)6-8-21/h3-4,9-10,13-14H,5-8,11H2,1-2H3,(H2,19,20,24)/b18-10+/t14-/m1/s1. The molecule has 0 spiro atoms. The third-order valence-corrected chi connectivity index (χ3v) is 4.97. The Hall–Kier alpha value is -1.86. The van der Waals surface area contributed by atoms with Gasteiger partial charge in [0.2, 0.25) is 0 Å². The minimum Gasteiger partial charge on any atom is -0.493 e. The quantitative estimate of drug-likeness (QED) is 0.479. The number of hydrogen-bond donors (Lipinski definition) is 2. The summed E-state index contributed by atoms with van der Waals surface area (Å²) in [5.74, 6) is 2.10. The van der Waals surface area contributed by atoms with E-state index < -0.39 is 0 Å². The van der Waals surface area contributed by atoms with Gasteiger partial charge in [0.25, 0.3) is 0 Å². The van der Waals surface area contributed by atoms with Gasteiger partial charge in [-0.25, -0.2) is 0 Å². The van der Waals surface area contributed by atoms with E-state index in [0.717, 1.165) is 18.0 Å². The molecular weight excluding hydrogens is 324 g/mol. The van der Waals surface area contributed by atoms with Crippen molar-refractivity contribution in [3.63, 3.8) is 0 Å². The Bertz CT molecular complexity index is 615. The summed E-state index contributed by atoms with van der Waals surface area (Å²) in [6.07, 6.45) is 4.23. The first-order chi connectivity index (χ1) is 11.7. The molecule has 130 valence electrons. The van der Waals surface area contributed by atoms with Crippen molar-refractivity contribution in [2.75, 3.05) is 33.9 Å². The highest BCUT2D eigenvalue weighted by atomic mass is 32.1. The first-order valence-electron chi connectivity index (χ1n) is 8.23. The summed E-state index contributed by atoms with van der Waals surface area (Å²) < 4.78 is 10.5. The third-order valence-electron chi connectivity index (χ3n) is 4.76. The molecule has 2 bridgehead atoms. The number of nitrogens with zero attached hydrogens (tertiary/aromatic N) is 2. The fourth-order valence-corrected chi connectivity index (χ4v) is 3.63. The second kappa shape index (κ2) is 7.81. The Morgan fingerprint density at radius 3 is 2.62 bits per heavy atom. The average Bonchev–Trinajstić information content (AvgIpc) is 2.62. The molecule has 6 nitrogen and oxygen atoms in total. The largest absolute Gasteiger partial charge is 0.493 e. The van der Waals surface area contributed by atoms with Crippen LogP contribution < -0.4 is 20.2 Å². The minimum atomic E-state index is 0.434. The molecule has 7 heteroatoms. The lowest BCUT2D eigenvalue weighted by atomic mass is 9.84. The molecule has 3 heterocycles.